The summed E-state index contributed by atoms with van der Waals surface area (Å²) in [5.41, 5.74) is 2.42. The van der Waals surface area contributed by atoms with Crippen LogP contribution in [0.5, 0.6) is 5.75 Å². The van der Waals surface area contributed by atoms with E-state index in [1.165, 1.54) is 24.8 Å². The third kappa shape index (κ3) is 5.61. The van der Waals surface area contributed by atoms with Gasteiger partial charge in [0.2, 0.25) is 5.91 Å². The number of anilines is 1. The molecule has 2 aliphatic rings. The highest BCUT2D eigenvalue weighted by Gasteiger charge is 2.35. The number of rotatable bonds is 7. The van der Waals surface area contributed by atoms with Crippen LogP contribution in [0.25, 0.3) is 0 Å². The summed E-state index contributed by atoms with van der Waals surface area (Å²) in [5, 5.41) is 0.684. The molecule has 2 aromatic rings. The number of hydrogen-bond acceptors (Lipinski definition) is 3. The van der Waals surface area contributed by atoms with Crippen molar-refractivity contribution in [2.45, 2.75) is 51.0 Å². The van der Waals surface area contributed by atoms with Gasteiger partial charge in [-0.25, -0.2) is 0 Å². The zero-order valence-electron chi connectivity index (χ0n) is 18.4. The van der Waals surface area contributed by atoms with Crippen LogP contribution in [-0.2, 0) is 11.2 Å². The van der Waals surface area contributed by atoms with E-state index in [2.05, 4.69) is 41.1 Å². The van der Waals surface area contributed by atoms with Gasteiger partial charge in [-0.1, -0.05) is 55.1 Å². The Bertz CT molecular complexity index is 881. The maximum Gasteiger partial charge on any atom is 0.230 e. The Hall–Kier alpha value is -2.04. The Kier molecular flexibility index (Phi) is 7.52. The van der Waals surface area contributed by atoms with Crippen LogP contribution in [0, 0.1) is 5.92 Å². The van der Waals surface area contributed by atoms with Crippen molar-refractivity contribution in [3.05, 3.63) is 59.1 Å². The van der Waals surface area contributed by atoms with E-state index in [-0.39, 0.29) is 12.0 Å². The first-order valence-electron chi connectivity index (χ1n) is 11.6. The van der Waals surface area contributed by atoms with Crippen LogP contribution in [-0.4, -0.2) is 43.6 Å². The number of para-hydroxylation sites is 1. The van der Waals surface area contributed by atoms with E-state index in [4.69, 9.17) is 16.3 Å². The fraction of sp³-hybridized carbons (Fsp3) is 0.500. The number of aryl methyl sites for hydroxylation is 1. The molecule has 1 atom stereocenters. The molecular formula is C26H33ClN2O2. The molecule has 0 N–H and O–H groups in total. The van der Waals surface area contributed by atoms with Crippen LogP contribution in [0.1, 0.15) is 44.1 Å². The van der Waals surface area contributed by atoms with E-state index < -0.39 is 0 Å². The highest BCUT2D eigenvalue weighted by Crippen LogP contribution is 2.35. The highest BCUT2D eigenvalue weighted by molar-refractivity contribution is 6.30. The molecule has 1 amide bonds. The summed E-state index contributed by atoms with van der Waals surface area (Å²) in [4.78, 5) is 18.0. The van der Waals surface area contributed by atoms with Crippen LogP contribution in [0.4, 0.5) is 5.69 Å². The van der Waals surface area contributed by atoms with Crippen molar-refractivity contribution in [2.24, 2.45) is 5.92 Å². The molecule has 1 saturated carbocycles. The largest absolute Gasteiger partial charge is 0.492 e. The summed E-state index contributed by atoms with van der Waals surface area (Å²) in [6.45, 7) is 2.25. The van der Waals surface area contributed by atoms with E-state index in [1.54, 1.807) is 0 Å². The number of amides is 1. The zero-order chi connectivity index (χ0) is 21.6. The molecule has 0 saturated heterocycles. The second-order valence-corrected chi connectivity index (χ2v) is 9.37. The van der Waals surface area contributed by atoms with E-state index in [1.807, 2.05) is 24.3 Å². The number of nitrogens with zero attached hydrogens (tertiary/aromatic N) is 2. The molecule has 1 unspecified atom stereocenters. The van der Waals surface area contributed by atoms with Gasteiger partial charge in [-0.05, 0) is 62.6 Å². The molecule has 31 heavy (non-hydrogen) atoms. The maximum absolute atomic E-state index is 13.6. The van der Waals surface area contributed by atoms with Crippen molar-refractivity contribution in [1.82, 2.24) is 4.90 Å². The number of carbonyl (C=O) groups is 1. The number of halogens is 1. The number of ether oxygens (including phenoxy) is 1. The molecular weight excluding hydrogens is 408 g/mol. The van der Waals surface area contributed by atoms with Gasteiger partial charge in [-0.2, -0.15) is 0 Å². The van der Waals surface area contributed by atoms with Gasteiger partial charge >= 0.3 is 0 Å². The Morgan fingerprint density at radius 2 is 1.90 bits per heavy atom. The molecule has 0 aromatic heterocycles. The minimum absolute atomic E-state index is 0.180. The van der Waals surface area contributed by atoms with Crippen LogP contribution < -0.4 is 9.64 Å². The first-order valence-corrected chi connectivity index (χ1v) is 12.0. The van der Waals surface area contributed by atoms with Crippen LogP contribution in [0.15, 0.2) is 48.5 Å². The monoisotopic (exact) mass is 440 g/mol. The average Bonchev–Trinajstić information content (AvgIpc) is 2.79. The zero-order valence-corrected chi connectivity index (χ0v) is 19.2. The third-order valence-electron chi connectivity index (χ3n) is 6.62. The predicted octanol–water partition coefficient (Wildman–Crippen LogP) is 5.58. The topological polar surface area (TPSA) is 32.8 Å². The van der Waals surface area contributed by atoms with E-state index in [0.29, 0.717) is 17.5 Å². The molecule has 0 bridgehead atoms. The third-order valence-corrected chi connectivity index (χ3v) is 6.85. The van der Waals surface area contributed by atoms with Crippen LogP contribution >= 0.6 is 11.6 Å². The lowest BCUT2D eigenvalue weighted by molar-refractivity contribution is -0.124. The Balaban J connectivity index is 1.41. The van der Waals surface area contributed by atoms with Gasteiger partial charge in [0, 0.05) is 35.8 Å². The lowest BCUT2D eigenvalue weighted by Gasteiger charge is -2.41. The van der Waals surface area contributed by atoms with Crippen molar-refractivity contribution in [3.8, 4) is 5.75 Å². The predicted molar refractivity (Wildman–Crippen MR) is 127 cm³/mol. The van der Waals surface area contributed by atoms with Gasteiger partial charge in [-0.3, -0.25) is 4.79 Å². The van der Waals surface area contributed by atoms with Crippen LogP contribution in [0.2, 0.25) is 5.02 Å². The second kappa shape index (κ2) is 10.5. The first kappa shape index (κ1) is 22.2. The molecule has 1 fully saturated rings. The average molecular weight is 441 g/mol. The van der Waals surface area contributed by atoms with Crippen LogP contribution in [0.3, 0.4) is 0 Å². The van der Waals surface area contributed by atoms with Crippen molar-refractivity contribution in [3.63, 3.8) is 0 Å². The molecule has 1 heterocycles. The fourth-order valence-electron chi connectivity index (χ4n) is 4.95. The number of likely N-dealkylation sites (N-methyl/N-ethyl adjacent to an activating group) is 1. The standard InChI is InChI=1S/C26H33ClN2O2/c1-28(16-17-31-24-12-7-11-22(27)18-24)19-23-15-14-20-8-5-6-13-25(20)29(23)26(30)21-9-3-2-4-10-21/h5-8,11-13,18,21,23H,2-4,9-10,14-17,19H2,1H3. The molecule has 4 rings (SSSR count). The molecule has 4 nitrogen and oxygen atoms in total. The maximum atomic E-state index is 13.6. The van der Waals surface area contributed by atoms with Crippen molar-refractivity contribution in [2.75, 3.05) is 31.6 Å². The quantitative estimate of drug-likeness (QED) is 0.563. The summed E-state index contributed by atoms with van der Waals surface area (Å²) >= 11 is 6.04. The van der Waals surface area contributed by atoms with Crippen molar-refractivity contribution < 1.29 is 9.53 Å². The minimum Gasteiger partial charge on any atom is -0.492 e. The smallest absolute Gasteiger partial charge is 0.230 e. The summed E-state index contributed by atoms with van der Waals surface area (Å²) in [5.74, 6) is 1.31. The molecule has 5 heteroatoms. The fourth-order valence-corrected chi connectivity index (χ4v) is 5.13. The minimum atomic E-state index is 0.180. The molecule has 0 spiro atoms. The van der Waals surface area contributed by atoms with Gasteiger partial charge in [0.05, 0.1) is 0 Å². The van der Waals surface area contributed by atoms with Gasteiger partial charge in [0.25, 0.3) is 0 Å². The number of benzene rings is 2. The molecule has 2 aromatic carbocycles. The Morgan fingerprint density at radius 1 is 1.10 bits per heavy atom. The molecule has 166 valence electrons. The Morgan fingerprint density at radius 3 is 2.71 bits per heavy atom. The normalized spacial score (nSPS) is 19.3. The number of fused-ring (bicyclic) bond motifs is 1. The summed E-state index contributed by atoms with van der Waals surface area (Å²) in [6, 6.07) is 16.2. The van der Waals surface area contributed by atoms with Gasteiger partial charge < -0.3 is 14.5 Å². The lowest BCUT2D eigenvalue weighted by Crippen LogP contribution is -2.51. The second-order valence-electron chi connectivity index (χ2n) is 8.93. The van der Waals surface area contributed by atoms with E-state index >= 15 is 0 Å². The SMILES string of the molecule is CN(CCOc1cccc(Cl)c1)CC1CCc2ccccc2N1C(=O)C1CCCCC1. The first-order chi connectivity index (χ1) is 15.1. The Labute approximate surface area is 191 Å². The molecule has 1 aliphatic carbocycles. The molecule has 1 aliphatic heterocycles. The number of carbonyl (C=O) groups excluding carboxylic acids is 1. The van der Waals surface area contributed by atoms with E-state index in [0.717, 1.165) is 50.2 Å². The summed E-state index contributed by atoms with van der Waals surface area (Å²) < 4.78 is 5.87. The van der Waals surface area contributed by atoms with Crippen molar-refractivity contribution >= 4 is 23.2 Å². The van der Waals surface area contributed by atoms with Gasteiger partial charge in [0.15, 0.2) is 0 Å². The number of hydrogen-bond donors (Lipinski definition) is 0. The van der Waals surface area contributed by atoms with Gasteiger partial charge in [-0.15, -0.1) is 0 Å². The van der Waals surface area contributed by atoms with Gasteiger partial charge in [0.1, 0.15) is 12.4 Å². The summed E-state index contributed by atoms with van der Waals surface area (Å²) in [6.07, 6.45) is 7.73. The lowest BCUT2D eigenvalue weighted by atomic mass is 9.86. The van der Waals surface area contributed by atoms with E-state index in [9.17, 15) is 4.79 Å². The molecule has 0 radical (unpaired) electrons. The highest BCUT2D eigenvalue weighted by atomic mass is 35.5. The van der Waals surface area contributed by atoms with Crippen molar-refractivity contribution in [1.29, 1.82) is 0 Å². The summed E-state index contributed by atoms with van der Waals surface area (Å²) in [7, 11) is 2.12.